The SMILES string of the molecule is CC(=O)O[C@@H](C)C(=S)N(N)Cc1cccc(Cc2ccccc2)c1. The molecule has 4 nitrogen and oxygen atoms in total. The first-order valence-corrected chi connectivity index (χ1v) is 8.21. The summed E-state index contributed by atoms with van der Waals surface area (Å²) in [5.41, 5.74) is 3.53. The number of ether oxygens (including phenoxy) is 1. The van der Waals surface area contributed by atoms with Crippen LogP contribution in [-0.4, -0.2) is 22.1 Å². The smallest absolute Gasteiger partial charge is 0.303 e. The molecule has 0 saturated heterocycles. The number of esters is 1. The molecule has 0 aliphatic carbocycles. The molecule has 2 rings (SSSR count). The van der Waals surface area contributed by atoms with Crippen LogP contribution in [0.1, 0.15) is 30.5 Å². The highest BCUT2D eigenvalue weighted by atomic mass is 32.1. The quantitative estimate of drug-likeness (QED) is 0.378. The van der Waals surface area contributed by atoms with Crippen LogP contribution in [0.4, 0.5) is 0 Å². The number of hydrogen-bond donors (Lipinski definition) is 1. The molecule has 0 fully saturated rings. The summed E-state index contributed by atoms with van der Waals surface area (Å²) in [5, 5.41) is 1.45. The standard InChI is InChI=1S/C19H22N2O2S/c1-14(23-15(2)22)19(24)21(20)13-18-10-6-9-17(12-18)11-16-7-4-3-5-8-16/h3-10,12,14H,11,13,20H2,1-2H3/t14-/m0/s1. The molecule has 0 aliphatic rings. The van der Waals surface area contributed by atoms with Gasteiger partial charge in [0.2, 0.25) is 0 Å². The van der Waals surface area contributed by atoms with Gasteiger partial charge in [-0.3, -0.25) is 9.80 Å². The molecule has 2 aromatic carbocycles. The van der Waals surface area contributed by atoms with Crippen molar-refractivity contribution < 1.29 is 9.53 Å². The van der Waals surface area contributed by atoms with Gasteiger partial charge >= 0.3 is 5.97 Å². The lowest BCUT2D eigenvalue weighted by atomic mass is 10.0. The van der Waals surface area contributed by atoms with Crippen LogP contribution in [-0.2, 0) is 22.5 Å². The number of carbonyl (C=O) groups excluding carboxylic acids is 1. The average Bonchev–Trinajstić information content (AvgIpc) is 2.54. The molecule has 2 N–H and O–H groups in total. The van der Waals surface area contributed by atoms with Gasteiger partial charge in [0.1, 0.15) is 4.99 Å². The van der Waals surface area contributed by atoms with E-state index >= 15 is 0 Å². The van der Waals surface area contributed by atoms with Crippen molar-refractivity contribution in [1.29, 1.82) is 0 Å². The molecule has 24 heavy (non-hydrogen) atoms. The molecule has 0 aliphatic heterocycles. The predicted octanol–water partition coefficient (Wildman–Crippen LogP) is 3.23. The first kappa shape index (κ1) is 18.1. The molecular formula is C19H22N2O2S. The third-order valence-corrected chi connectivity index (χ3v) is 4.14. The summed E-state index contributed by atoms with van der Waals surface area (Å²) in [4.78, 5) is 11.4. The number of nitrogens with zero attached hydrogens (tertiary/aromatic N) is 1. The van der Waals surface area contributed by atoms with Gasteiger partial charge in [0, 0.05) is 6.92 Å². The Morgan fingerprint density at radius 3 is 2.42 bits per heavy atom. The highest BCUT2D eigenvalue weighted by molar-refractivity contribution is 7.80. The average molecular weight is 342 g/mol. The number of nitrogens with two attached hydrogens (primary N) is 1. The highest BCUT2D eigenvalue weighted by Crippen LogP contribution is 2.13. The van der Waals surface area contributed by atoms with Crippen LogP contribution in [0.15, 0.2) is 54.6 Å². The van der Waals surface area contributed by atoms with Crippen molar-refractivity contribution in [2.45, 2.75) is 32.9 Å². The third-order valence-electron chi connectivity index (χ3n) is 3.57. The van der Waals surface area contributed by atoms with E-state index in [4.69, 9.17) is 22.8 Å². The highest BCUT2D eigenvalue weighted by Gasteiger charge is 2.16. The summed E-state index contributed by atoms with van der Waals surface area (Å²) in [6, 6.07) is 18.5. The summed E-state index contributed by atoms with van der Waals surface area (Å²) < 4.78 is 5.07. The zero-order valence-corrected chi connectivity index (χ0v) is 14.8. The van der Waals surface area contributed by atoms with Crippen molar-refractivity contribution in [1.82, 2.24) is 5.01 Å². The normalized spacial score (nSPS) is 11.6. The second-order valence-electron chi connectivity index (χ2n) is 5.70. The summed E-state index contributed by atoms with van der Waals surface area (Å²) in [7, 11) is 0. The van der Waals surface area contributed by atoms with Gasteiger partial charge in [0.25, 0.3) is 0 Å². The maximum atomic E-state index is 11.0. The summed E-state index contributed by atoms with van der Waals surface area (Å²) in [6.45, 7) is 3.54. The number of hydrogen-bond acceptors (Lipinski definition) is 4. The molecule has 0 radical (unpaired) electrons. The van der Waals surface area contributed by atoms with Gasteiger partial charge in [-0.2, -0.15) is 0 Å². The molecule has 2 aromatic rings. The number of carbonyl (C=O) groups is 1. The van der Waals surface area contributed by atoms with Crippen LogP contribution in [0, 0.1) is 0 Å². The second-order valence-corrected chi connectivity index (χ2v) is 6.12. The van der Waals surface area contributed by atoms with E-state index in [1.54, 1.807) is 6.92 Å². The van der Waals surface area contributed by atoms with Crippen molar-refractivity contribution >= 4 is 23.2 Å². The number of benzene rings is 2. The van der Waals surface area contributed by atoms with Gasteiger partial charge in [-0.05, 0) is 30.0 Å². The Hall–Kier alpha value is -2.24. The maximum Gasteiger partial charge on any atom is 0.303 e. The first-order valence-electron chi connectivity index (χ1n) is 7.80. The van der Waals surface area contributed by atoms with Crippen LogP contribution in [0.25, 0.3) is 0 Å². The zero-order chi connectivity index (χ0) is 17.5. The summed E-state index contributed by atoms with van der Waals surface area (Å²) in [5.74, 6) is 5.66. The van der Waals surface area contributed by atoms with Gasteiger partial charge in [0.15, 0.2) is 6.10 Å². The van der Waals surface area contributed by atoms with E-state index in [-0.39, 0.29) is 5.97 Å². The minimum atomic E-state index is -0.519. The van der Waals surface area contributed by atoms with Crippen molar-refractivity contribution in [2.24, 2.45) is 5.84 Å². The van der Waals surface area contributed by atoms with Crippen molar-refractivity contribution in [3.05, 3.63) is 71.3 Å². The van der Waals surface area contributed by atoms with E-state index in [2.05, 4.69) is 24.3 Å². The minimum Gasteiger partial charge on any atom is -0.455 e. The Bertz CT molecular complexity index is 704. The summed E-state index contributed by atoms with van der Waals surface area (Å²) in [6.07, 6.45) is 0.350. The molecule has 0 unspecified atom stereocenters. The predicted molar refractivity (Wildman–Crippen MR) is 99.2 cm³/mol. The van der Waals surface area contributed by atoms with Crippen LogP contribution < -0.4 is 5.84 Å². The first-order chi connectivity index (χ1) is 11.5. The Morgan fingerprint density at radius 2 is 1.75 bits per heavy atom. The maximum absolute atomic E-state index is 11.0. The Kier molecular flexibility index (Phi) is 6.46. The van der Waals surface area contributed by atoms with E-state index in [9.17, 15) is 4.79 Å². The van der Waals surface area contributed by atoms with Crippen molar-refractivity contribution in [3.63, 3.8) is 0 Å². The van der Waals surface area contributed by atoms with Crippen molar-refractivity contribution in [2.75, 3.05) is 0 Å². The summed E-state index contributed by atoms with van der Waals surface area (Å²) >= 11 is 5.28. The molecule has 0 aromatic heterocycles. The van der Waals surface area contributed by atoms with Gasteiger partial charge in [0.05, 0.1) is 6.54 Å². The zero-order valence-electron chi connectivity index (χ0n) is 13.9. The number of rotatable bonds is 6. The topological polar surface area (TPSA) is 55.6 Å². The van der Waals surface area contributed by atoms with E-state index in [0.29, 0.717) is 11.5 Å². The van der Waals surface area contributed by atoms with E-state index in [0.717, 1.165) is 12.0 Å². The molecule has 126 valence electrons. The fourth-order valence-electron chi connectivity index (χ4n) is 2.48. The number of thiocarbonyl (C=S) groups is 1. The lowest BCUT2D eigenvalue weighted by Crippen LogP contribution is -2.42. The molecule has 0 bridgehead atoms. The Morgan fingerprint density at radius 1 is 1.12 bits per heavy atom. The second kappa shape index (κ2) is 8.57. The van der Waals surface area contributed by atoms with Crippen LogP contribution in [0.5, 0.6) is 0 Å². The van der Waals surface area contributed by atoms with Gasteiger partial charge < -0.3 is 4.74 Å². The Balaban J connectivity index is 2.01. The molecule has 1 atom stereocenters. The van der Waals surface area contributed by atoms with Gasteiger partial charge in [-0.15, -0.1) is 0 Å². The van der Waals surface area contributed by atoms with Gasteiger partial charge in [-0.25, -0.2) is 5.84 Å². The number of hydrazine groups is 1. The third kappa shape index (κ3) is 5.44. The fourth-order valence-corrected chi connectivity index (χ4v) is 2.59. The van der Waals surface area contributed by atoms with E-state index < -0.39 is 6.10 Å². The van der Waals surface area contributed by atoms with Crippen molar-refractivity contribution in [3.8, 4) is 0 Å². The molecule has 0 saturated carbocycles. The lowest BCUT2D eigenvalue weighted by Gasteiger charge is -2.23. The minimum absolute atomic E-state index is 0.372. The molecule has 0 heterocycles. The van der Waals surface area contributed by atoms with Crippen LogP contribution >= 0.6 is 12.2 Å². The van der Waals surface area contributed by atoms with Crippen LogP contribution in [0.2, 0.25) is 0 Å². The largest absolute Gasteiger partial charge is 0.455 e. The monoisotopic (exact) mass is 342 g/mol. The van der Waals surface area contributed by atoms with Gasteiger partial charge in [-0.1, -0.05) is 66.8 Å². The molecule has 5 heteroatoms. The Labute approximate surface area is 148 Å². The molecule has 0 amide bonds. The lowest BCUT2D eigenvalue weighted by molar-refractivity contribution is -0.142. The van der Waals surface area contributed by atoms with E-state index in [1.807, 2.05) is 30.3 Å². The fraction of sp³-hybridized carbons (Fsp3) is 0.263. The van der Waals surface area contributed by atoms with E-state index in [1.165, 1.54) is 23.1 Å². The molecule has 0 spiro atoms. The molecular weight excluding hydrogens is 320 g/mol. The van der Waals surface area contributed by atoms with Crippen LogP contribution in [0.3, 0.4) is 0 Å².